The quantitative estimate of drug-likeness (QED) is 0.295. The minimum Gasteiger partial charge on any atom is -0.464 e. The SMILES string of the molecule is CC(=O)OCCn1ccc2ncnc(Nc3ccc(Oc4cccc5sncc45)c(Cl)c3)c21. The van der Waals surface area contributed by atoms with Crippen molar-refractivity contribution in [1.29, 1.82) is 0 Å². The summed E-state index contributed by atoms with van der Waals surface area (Å²) in [4.78, 5) is 19.8. The molecule has 0 amide bonds. The lowest BCUT2D eigenvalue weighted by molar-refractivity contribution is -0.141. The molecule has 0 atom stereocenters. The van der Waals surface area contributed by atoms with Gasteiger partial charge in [-0.3, -0.25) is 4.79 Å². The predicted molar refractivity (Wildman–Crippen MR) is 129 cm³/mol. The third kappa shape index (κ3) is 4.46. The van der Waals surface area contributed by atoms with Crippen LogP contribution < -0.4 is 10.1 Å². The second-order valence-electron chi connectivity index (χ2n) is 7.17. The largest absolute Gasteiger partial charge is 0.464 e. The van der Waals surface area contributed by atoms with Gasteiger partial charge in [-0.1, -0.05) is 17.7 Å². The minimum atomic E-state index is -0.315. The molecule has 0 aliphatic carbocycles. The summed E-state index contributed by atoms with van der Waals surface area (Å²) in [5.41, 5.74) is 2.33. The maximum absolute atomic E-state index is 11.1. The lowest BCUT2D eigenvalue weighted by Gasteiger charge is -2.13. The van der Waals surface area contributed by atoms with Crippen LogP contribution in [0.25, 0.3) is 21.1 Å². The molecule has 166 valence electrons. The van der Waals surface area contributed by atoms with Gasteiger partial charge in [-0.25, -0.2) is 9.97 Å². The standard InChI is InChI=1S/C23H18ClN5O3S/c1-14(30)31-10-9-29-8-7-18-22(29)23(26-13-25-18)28-15-5-6-20(17(24)11-15)32-19-3-2-4-21-16(19)12-27-33-21/h2-8,11-13H,9-10H2,1H3,(H,25,26,28). The summed E-state index contributed by atoms with van der Waals surface area (Å²) in [7, 11) is 0. The summed E-state index contributed by atoms with van der Waals surface area (Å²) in [6.07, 6.45) is 5.17. The van der Waals surface area contributed by atoms with Crippen LogP contribution in [0.4, 0.5) is 11.5 Å². The fourth-order valence-corrected chi connectivity index (χ4v) is 4.35. The fourth-order valence-electron chi connectivity index (χ4n) is 3.47. The molecular formula is C23H18ClN5O3S. The van der Waals surface area contributed by atoms with Gasteiger partial charge in [-0.15, -0.1) is 0 Å². The number of anilines is 2. The summed E-state index contributed by atoms with van der Waals surface area (Å²) < 4.78 is 18.3. The molecule has 1 N–H and O–H groups in total. The number of hydrogen-bond acceptors (Lipinski definition) is 8. The van der Waals surface area contributed by atoms with Gasteiger partial charge in [-0.05, 0) is 47.9 Å². The van der Waals surface area contributed by atoms with Gasteiger partial charge in [0.1, 0.15) is 29.9 Å². The number of nitrogens with zero attached hydrogens (tertiary/aromatic N) is 4. The number of nitrogens with one attached hydrogen (secondary N) is 1. The Morgan fingerprint density at radius 3 is 2.94 bits per heavy atom. The molecule has 0 bridgehead atoms. The van der Waals surface area contributed by atoms with E-state index < -0.39 is 0 Å². The number of esters is 1. The van der Waals surface area contributed by atoms with Crippen molar-refractivity contribution in [3.63, 3.8) is 0 Å². The Labute approximate surface area is 197 Å². The van der Waals surface area contributed by atoms with Crippen LogP contribution in [-0.2, 0) is 16.1 Å². The number of fused-ring (bicyclic) bond motifs is 2. The molecule has 0 aliphatic heterocycles. The third-order valence-electron chi connectivity index (χ3n) is 4.96. The van der Waals surface area contributed by atoms with Crippen LogP contribution in [0.1, 0.15) is 6.92 Å². The van der Waals surface area contributed by atoms with E-state index in [0.29, 0.717) is 28.9 Å². The first-order chi connectivity index (χ1) is 16.1. The van der Waals surface area contributed by atoms with Gasteiger partial charge in [-0.2, -0.15) is 4.37 Å². The Hall–Kier alpha value is -3.69. The van der Waals surface area contributed by atoms with Crippen molar-refractivity contribution in [1.82, 2.24) is 18.9 Å². The monoisotopic (exact) mass is 479 g/mol. The van der Waals surface area contributed by atoms with Crippen molar-refractivity contribution >= 4 is 61.7 Å². The van der Waals surface area contributed by atoms with Crippen LogP contribution in [0.15, 0.2) is 61.2 Å². The Kier molecular flexibility index (Phi) is 5.80. The molecule has 0 spiro atoms. The van der Waals surface area contributed by atoms with Gasteiger partial charge in [0.15, 0.2) is 5.82 Å². The zero-order chi connectivity index (χ0) is 22.8. The summed E-state index contributed by atoms with van der Waals surface area (Å²) in [6.45, 7) is 2.14. The summed E-state index contributed by atoms with van der Waals surface area (Å²) >= 11 is 7.95. The van der Waals surface area contributed by atoms with Crippen molar-refractivity contribution in [3.05, 3.63) is 66.2 Å². The van der Waals surface area contributed by atoms with Crippen molar-refractivity contribution < 1.29 is 14.3 Å². The number of ether oxygens (including phenoxy) is 2. The fraction of sp³-hybridized carbons (Fsp3) is 0.130. The molecule has 0 saturated carbocycles. The summed E-state index contributed by atoms with van der Waals surface area (Å²) in [5.74, 6) is 1.54. The summed E-state index contributed by atoms with van der Waals surface area (Å²) in [5, 5.41) is 4.70. The van der Waals surface area contributed by atoms with Gasteiger partial charge in [0.05, 0.1) is 33.4 Å². The van der Waals surface area contributed by atoms with E-state index in [2.05, 4.69) is 19.7 Å². The van der Waals surface area contributed by atoms with Gasteiger partial charge in [0.2, 0.25) is 0 Å². The molecule has 33 heavy (non-hydrogen) atoms. The Morgan fingerprint density at radius 1 is 1.18 bits per heavy atom. The smallest absolute Gasteiger partial charge is 0.302 e. The first kappa shape index (κ1) is 21.2. The van der Waals surface area contributed by atoms with Crippen molar-refractivity contribution in [2.45, 2.75) is 13.5 Å². The van der Waals surface area contributed by atoms with Crippen molar-refractivity contribution in [2.24, 2.45) is 0 Å². The van der Waals surface area contributed by atoms with Crippen molar-refractivity contribution in [3.8, 4) is 11.5 Å². The van der Waals surface area contributed by atoms with Gasteiger partial charge in [0.25, 0.3) is 0 Å². The van der Waals surface area contributed by atoms with Crippen LogP contribution in [0, 0.1) is 0 Å². The van der Waals surface area contributed by atoms with E-state index in [-0.39, 0.29) is 12.6 Å². The van der Waals surface area contributed by atoms with Crippen LogP contribution in [-0.4, -0.2) is 31.5 Å². The summed E-state index contributed by atoms with van der Waals surface area (Å²) in [6, 6.07) is 13.2. The highest BCUT2D eigenvalue weighted by Gasteiger charge is 2.12. The van der Waals surface area contributed by atoms with E-state index in [1.165, 1.54) is 24.8 Å². The molecule has 8 nitrogen and oxygen atoms in total. The van der Waals surface area contributed by atoms with E-state index in [4.69, 9.17) is 21.1 Å². The Morgan fingerprint density at radius 2 is 2.09 bits per heavy atom. The average molecular weight is 480 g/mol. The number of carbonyl (C=O) groups is 1. The molecule has 2 aromatic carbocycles. The normalized spacial score (nSPS) is 11.1. The van der Waals surface area contributed by atoms with Crippen LogP contribution in [0.5, 0.6) is 11.5 Å². The second-order valence-corrected chi connectivity index (χ2v) is 8.41. The van der Waals surface area contributed by atoms with Gasteiger partial charge in [0, 0.05) is 18.8 Å². The van der Waals surface area contributed by atoms with E-state index in [0.717, 1.165) is 26.8 Å². The predicted octanol–water partition coefficient (Wildman–Crippen LogP) is 5.79. The highest BCUT2D eigenvalue weighted by molar-refractivity contribution is 7.13. The van der Waals surface area contributed by atoms with E-state index in [9.17, 15) is 4.79 Å². The highest BCUT2D eigenvalue weighted by atomic mass is 35.5. The number of hydrogen-bond donors (Lipinski definition) is 1. The lowest BCUT2D eigenvalue weighted by atomic mass is 10.2. The maximum Gasteiger partial charge on any atom is 0.302 e. The van der Waals surface area contributed by atoms with Crippen molar-refractivity contribution in [2.75, 3.05) is 11.9 Å². The third-order valence-corrected chi connectivity index (χ3v) is 6.02. The van der Waals surface area contributed by atoms with Gasteiger partial charge >= 0.3 is 5.97 Å². The molecule has 3 heterocycles. The van der Waals surface area contributed by atoms with E-state index >= 15 is 0 Å². The highest BCUT2D eigenvalue weighted by Crippen LogP contribution is 2.36. The average Bonchev–Trinajstić information content (AvgIpc) is 3.44. The van der Waals surface area contributed by atoms with Crippen LogP contribution in [0.3, 0.4) is 0 Å². The number of carbonyl (C=O) groups excluding carboxylic acids is 1. The van der Waals surface area contributed by atoms with Crippen LogP contribution in [0.2, 0.25) is 5.02 Å². The van der Waals surface area contributed by atoms with Gasteiger partial charge < -0.3 is 19.4 Å². The molecule has 0 saturated heterocycles. The molecule has 0 unspecified atom stereocenters. The second kappa shape index (κ2) is 9.05. The molecule has 0 radical (unpaired) electrons. The first-order valence-corrected chi connectivity index (χ1v) is 11.2. The zero-order valence-electron chi connectivity index (χ0n) is 17.5. The van der Waals surface area contributed by atoms with Crippen LogP contribution >= 0.6 is 23.1 Å². The molecular weight excluding hydrogens is 462 g/mol. The topological polar surface area (TPSA) is 91.2 Å². The number of rotatable bonds is 7. The molecule has 10 heteroatoms. The molecule has 3 aromatic heterocycles. The number of aromatic nitrogens is 4. The lowest BCUT2D eigenvalue weighted by Crippen LogP contribution is -2.09. The Balaban J connectivity index is 1.39. The zero-order valence-corrected chi connectivity index (χ0v) is 19.1. The number of benzene rings is 2. The minimum absolute atomic E-state index is 0.262. The first-order valence-electron chi connectivity index (χ1n) is 10.1. The molecule has 0 aliphatic rings. The Bertz CT molecular complexity index is 1470. The molecule has 5 rings (SSSR count). The van der Waals surface area contributed by atoms with E-state index in [1.807, 2.05) is 41.1 Å². The molecule has 0 fully saturated rings. The number of halogens is 1. The van der Waals surface area contributed by atoms with E-state index in [1.54, 1.807) is 18.3 Å². The maximum atomic E-state index is 11.1. The molecule has 5 aromatic rings.